The molecule has 21 heavy (non-hydrogen) atoms. The van der Waals surface area contributed by atoms with Crippen molar-refractivity contribution in [2.24, 2.45) is 11.8 Å². The van der Waals surface area contributed by atoms with Gasteiger partial charge in [-0.3, -0.25) is 0 Å². The zero-order valence-corrected chi connectivity index (χ0v) is 13.4. The van der Waals surface area contributed by atoms with Gasteiger partial charge in [-0.15, -0.1) is 0 Å². The molecule has 0 spiro atoms. The van der Waals surface area contributed by atoms with Crippen molar-refractivity contribution in [3.8, 4) is 11.5 Å². The summed E-state index contributed by atoms with van der Waals surface area (Å²) in [6.07, 6.45) is 5.47. The van der Waals surface area contributed by atoms with Crippen LogP contribution in [0.15, 0.2) is 12.1 Å². The third-order valence-electron chi connectivity index (χ3n) is 4.55. The molecule has 3 nitrogen and oxygen atoms in total. The normalized spacial score (nSPS) is 24.9. The van der Waals surface area contributed by atoms with Crippen LogP contribution in [0.3, 0.4) is 0 Å². The summed E-state index contributed by atoms with van der Waals surface area (Å²) in [6, 6.07) is 4.02. The molecular weight excluding hydrogens is 286 g/mol. The molecule has 1 aliphatic heterocycles. The standard InChI is InChI=1S/C17H24ClNO2/c1-12-2-4-13(5-3-12)10-19-11-14-8-15(18)17-16(9-14)20-6-7-21-17/h8-9,12-13,19H,2-7,10-11H2,1H3. The first kappa shape index (κ1) is 15.0. The van der Waals surface area contributed by atoms with Crippen LogP contribution in [-0.4, -0.2) is 19.8 Å². The largest absolute Gasteiger partial charge is 0.486 e. The first-order valence-electron chi connectivity index (χ1n) is 8.01. The Kier molecular flexibility index (Phi) is 4.91. The van der Waals surface area contributed by atoms with Gasteiger partial charge in [-0.2, -0.15) is 0 Å². The van der Waals surface area contributed by atoms with Crippen LogP contribution in [0.5, 0.6) is 11.5 Å². The van der Waals surface area contributed by atoms with Crippen molar-refractivity contribution >= 4 is 11.6 Å². The van der Waals surface area contributed by atoms with Gasteiger partial charge in [-0.25, -0.2) is 0 Å². The highest BCUT2D eigenvalue weighted by atomic mass is 35.5. The van der Waals surface area contributed by atoms with Crippen LogP contribution >= 0.6 is 11.6 Å². The van der Waals surface area contributed by atoms with E-state index in [0.29, 0.717) is 24.0 Å². The third-order valence-corrected chi connectivity index (χ3v) is 4.83. The lowest BCUT2D eigenvalue weighted by Gasteiger charge is -2.26. The van der Waals surface area contributed by atoms with E-state index in [1.165, 1.54) is 25.7 Å². The summed E-state index contributed by atoms with van der Waals surface area (Å²) in [5.41, 5.74) is 1.16. The lowest BCUT2D eigenvalue weighted by atomic mass is 9.83. The Morgan fingerprint density at radius 1 is 1.14 bits per heavy atom. The number of ether oxygens (including phenoxy) is 2. The monoisotopic (exact) mass is 309 g/mol. The fraction of sp³-hybridized carbons (Fsp3) is 0.647. The van der Waals surface area contributed by atoms with Gasteiger partial charge in [-0.1, -0.05) is 31.4 Å². The lowest BCUT2D eigenvalue weighted by molar-refractivity contribution is 0.171. The Labute approximate surface area is 132 Å². The molecule has 1 heterocycles. The molecule has 1 aromatic rings. The minimum Gasteiger partial charge on any atom is -0.486 e. The highest BCUT2D eigenvalue weighted by Crippen LogP contribution is 2.38. The SMILES string of the molecule is CC1CCC(CNCc2cc(Cl)c3c(c2)OCCO3)CC1. The van der Waals surface area contributed by atoms with Gasteiger partial charge >= 0.3 is 0 Å². The van der Waals surface area contributed by atoms with E-state index < -0.39 is 0 Å². The minimum atomic E-state index is 0.574. The first-order valence-corrected chi connectivity index (χ1v) is 8.39. The number of nitrogens with one attached hydrogen (secondary N) is 1. The van der Waals surface area contributed by atoms with Gasteiger partial charge in [0.25, 0.3) is 0 Å². The van der Waals surface area contributed by atoms with Gasteiger partial charge in [0.15, 0.2) is 11.5 Å². The van der Waals surface area contributed by atoms with Crippen molar-refractivity contribution in [2.45, 2.75) is 39.2 Å². The van der Waals surface area contributed by atoms with E-state index in [0.717, 1.165) is 36.2 Å². The summed E-state index contributed by atoms with van der Waals surface area (Å²) >= 11 is 6.26. The van der Waals surface area contributed by atoms with E-state index in [1.54, 1.807) is 0 Å². The molecular formula is C17H24ClNO2. The van der Waals surface area contributed by atoms with E-state index in [2.05, 4.69) is 12.2 Å². The molecule has 0 bridgehead atoms. The smallest absolute Gasteiger partial charge is 0.179 e. The number of hydrogen-bond acceptors (Lipinski definition) is 3. The molecule has 0 atom stereocenters. The fourth-order valence-electron chi connectivity index (χ4n) is 3.22. The second kappa shape index (κ2) is 6.89. The van der Waals surface area contributed by atoms with Gasteiger partial charge in [0, 0.05) is 6.54 Å². The van der Waals surface area contributed by atoms with Crippen LogP contribution < -0.4 is 14.8 Å². The molecule has 0 amide bonds. The number of halogens is 1. The summed E-state index contributed by atoms with van der Waals surface area (Å²) in [5.74, 6) is 3.21. The van der Waals surface area contributed by atoms with E-state index in [-0.39, 0.29) is 0 Å². The van der Waals surface area contributed by atoms with Crippen molar-refractivity contribution in [1.82, 2.24) is 5.32 Å². The van der Waals surface area contributed by atoms with Gasteiger partial charge in [-0.05, 0) is 48.9 Å². The lowest BCUT2D eigenvalue weighted by Crippen LogP contribution is -2.25. The number of benzene rings is 1. The highest BCUT2D eigenvalue weighted by molar-refractivity contribution is 6.32. The van der Waals surface area contributed by atoms with Crippen LogP contribution in [-0.2, 0) is 6.54 Å². The van der Waals surface area contributed by atoms with Crippen LogP contribution in [0.2, 0.25) is 5.02 Å². The minimum absolute atomic E-state index is 0.574. The van der Waals surface area contributed by atoms with Crippen LogP contribution in [0.4, 0.5) is 0 Å². The van der Waals surface area contributed by atoms with Crippen LogP contribution in [0, 0.1) is 11.8 Å². The van der Waals surface area contributed by atoms with Crippen LogP contribution in [0.25, 0.3) is 0 Å². The predicted molar refractivity (Wildman–Crippen MR) is 85.3 cm³/mol. The van der Waals surface area contributed by atoms with Crippen molar-refractivity contribution in [3.63, 3.8) is 0 Å². The average Bonchev–Trinajstić information content (AvgIpc) is 2.49. The first-order chi connectivity index (χ1) is 10.2. The fourth-order valence-corrected chi connectivity index (χ4v) is 3.51. The molecule has 0 unspecified atom stereocenters. The molecule has 0 radical (unpaired) electrons. The van der Waals surface area contributed by atoms with E-state index >= 15 is 0 Å². The maximum atomic E-state index is 6.26. The Bertz CT molecular complexity index is 484. The van der Waals surface area contributed by atoms with E-state index in [4.69, 9.17) is 21.1 Å². The molecule has 1 fully saturated rings. The third kappa shape index (κ3) is 3.83. The predicted octanol–water partition coefficient (Wildman–Crippen LogP) is 4.03. The number of fused-ring (bicyclic) bond motifs is 1. The molecule has 0 aromatic heterocycles. The van der Waals surface area contributed by atoms with Crippen molar-refractivity contribution in [2.75, 3.05) is 19.8 Å². The van der Waals surface area contributed by atoms with Crippen molar-refractivity contribution in [1.29, 1.82) is 0 Å². The van der Waals surface area contributed by atoms with Gasteiger partial charge < -0.3 is 14.8 Å². The average molecular weight is 310 g/mol. The Hall–Kier alpha value is -0.930. The Morgan fingerprint density at radius 2 is 1.90 bits per heavy atom. The van der Waals surface area contributed by atoms with E-state index in [1.807, 2.05) is 12.1 Å². The Balaban J connectivity index is 1.52. The number of hydrogen-bond donors (Lipinski definition) is 1. The zero-order valence-electron chi connectivity index (χ0n) is 12.7. The summed E-state index contributed by atoms with van der Waals surface area (Å²) in [6.45, 7) is 5.47. The van der Waals surface area contributed by atoms with Gasteiger partial charge in [0.05, 0.1) is 5.02 Å². The maximum Gasteiger partial charge on any atom is 0.179 e. The quantitative estimate of drug-likeness (QED) is 0.911. The molecule has 0 saturated heterocycles. The Morgan fingerprint density at radius 3 is 2.71 bits per heavy atom. The molecule has 3 rings (SSSR count). The van der Waals surface area contributed by atoms with Crippen molar-refractivity contribution < 1.29 is 9.47 Å². The maximum absolute atomic E-state index is 6.26. The summed E-state index contributed by atoms with van der Waals surface area (Å²) < 4.78 is 11.2. The van der Waals surface area contributed by atoms with Crippen molar-refractivity contribution in [3.05, 3.63) is 22.7 Å². The molecule has 1 saturated carbocycles. The summed E-state index contributed by atoms with van der Waals surface area (Å²) in [4.78, 5) is 0. The summed E-state index contributed by atoms with van der Waals surface area (Å²) in [7, 11) is 0. The topological polar surface area (TPSA) is 30.5 Å². The molecule has 1 aromatic carbocycles. The zero-order chi connectivity index (χ0) is 14.7. The molecule has 1 aliphatic carbocycles. The summed E-state index contributed by atoms with van der Waals surface area (Å²) in [5, 5.41) is 4.21. The van der Waals surface area contributed by atoms with E-state index in [9.17, 15) is 0 Å². The van der Waals surface area contributed by atoms with Gasteiger partial charge in [0.1, 0.15) is 13.2 Å². The second-order valence-electron chi connectivity index (χ2n) is 6.36. The highest BCUT2D eigenvalue weighted by Gasteiger charge is 2.19. The molecule has 2 aliphatic rings. The number of rotatable bonds is 4. The second-order valence-corrected chi connectivity index (χ2v) is 6.77. The molecule has 1 N–H and O–H groups in total. The molecule has 4 heteroatoms. The van der Waals surface area contributed by atoms with Crippen LogP contribution in [0.1, 0.15) is 38.2 Å². The molecule has 116 valence electrons. The van der Waals surface area contributed by atoms with Gasteiger partial charge in [0.2, 0.25) is 0 Å².